The largest absolute Gasteiger partial charge is 0.338 e. The summed E-state index contributed by atoms with van der Waals surface area (Å²) in [6.07, 6.45) is 5.33. The third-order valence-corrected chi connectivity index (χ3v) is 5.01. The van der Waals surface area contributed by atoms with Crippen LogP contribution in [0.2, 0.25) is 10.0 Å². The molecule has 0 saturated carbocycles. The SMILES string of the molecule is C[C@H](N)[C@@H]1CCCN(C(=O)c2cnn(-c3ccc(Cl)cc3Cl)c2)C1. The van der Waals surface area contributed by atoms with Crippen molar-refractivity contribution in [1.29, 1.82) is 0 Å². The quantitative estimate of drug-likeness (QED) is 0.905. The molecule has 1 aromatic heterocycles. The molecule has 0 aliphatic carbocycles. The van der Waals surface area contributed by atoms with Crippen LogP contribution in [0.1, 0.15) is 30.1 Å². The maximum absolute atomic E-state index is 12.7. The maximum Gasteiger partial charge on any atom is 0.257 e. The maximum atomic E-state index is 12.7. The molecule has 1 fully saturated rings. The van der Waals surface area contributed by atoms with Gasteiger partial charge in [0.15, 0.2) is 0 Å². The van der Waals surface area contributed by atoms with Crippen LogP contribution in [-0.4, -0.2) is 39.7 Å². The predicted octanol–water partition coefficient (Wildman–Crippen LogP) is 3.38. The van der Waals surface area contributed by atoms with Gasteiger partial charge in [-0.25, -0.2) is 4.68 Å². The van der Waals surface area contributed by atoms with E-state index in [9.17, 15) is 4.79 Å². The van der Waals surface area contributed by atoms with Gasteiger partial charge >= 0.3 is 0 Å². The Labute approximate surface area is 151 Å². The van der Waals surface area contributed by atoms with Gasteiger partial charge in [-0.3, -0.25) is 4.79 Å². The molecule has 7 heteroatoms. The number of amides is 1. The Balaban J connectivity index is 1.78. The van der Waals surface area contributed by atoms with Crippen molar-refractivity contribution in [3.05, 3.63) is 46.2 Å². The van der Waals surface area contributed by atoms with Crippen LogP contribution in [0.3, 0.4) is 0 Å². The fourth-order valence-electron chi connectivity index (χ4n) is 3.04. The third-order valence-electron chi connectivity index (χ3n) is 4.47. The van der Waals surface area contributed by atoms with Gasteiger partial charge in [0.1, 0.15) is 0 Å². The number of nitrogens with two attached hydrogens (primary N) is 1. The second kappa shape index (κ2) is 7.13. The molecule has 2 heterocycles. The number of piperidine rings is 1. The molecule has 5 nitrogen and oxygen atoms in total. The summed E-state index contributed by atoms with van der Waals surface area (Å²) >= 11 is 12.1. The van der Waals surface area contributed by atoms with Gasteiger partial charge in [0.2, 0.25) is 0 Å². The van der Waals surface area contributed by atoms with Crippen LogP contribution in [0.5, 0.6) is 0 Å². The summed E-state index contributed by atoms with van der Waals surface area (Å²) in [6.45, 7) is 3.46. The number of benzene rings is 1. The van der Waals surface area contributed by atoms with E-state index in [2.05, 4.69) is 5.10 Å². The molecule has 2 N–H and O–H groups in total. The monoisotopic (exact) mass is 366 g/mol. The molecule has 1 aliphatic rings. The number of rotatable bonds is 3. The third kappa shape index (κ3) is 3.58. The number of carbonyl (C=O) groups excluding carboxylic acids is 1. The lowest BCUT2D eigenvalue weighted by Crippen LogP contribution is -2.45. The van der Waals surface area contributed by atoms with E-state index >= 15 is 0 Å². The number of nitrogens with zero attached hydrogens (tertiary/aromatic N) is 3. The summed E-state index contributed by atoms with van der Waals surface area (Å²) in [5.74, 6) is 0.333. The van der Waals surface area contributed by atoms with E-state index in [0.29, 0.717) is 33.8 Å². The molecule has 2 atom stereocenters. The van der Waals surface area contributed by atoms with Gasteiger partial charge in [0.05, 0.1) is 22.5 Å². The van der Waals surface area contributed by atoms with Crippen molar-refractivity contribution in [3.63, 3.8) is 0 Å². The lowest BCUT2D eigenvalue weighted by molar-refractivity contribution is 0.0661. The van der Waals surface area contributed by atoms with Crippen LogP contribution in [0, 0.1) is 5.92 Å². The average molecular weight is 367 g/mol. The fraction of sp³-hybridized carbons (Fsp3) is 0.412. The number of likely N-dealkylation sites (tertiary alicyclic amines) is 1. The number of hydrogen-bond donors (Lipinski definition) is 1. The number of carbonyl (C=O) groups is 1. The van der Waals surface area contributed by atoms with Crippen LogP contribution < -0.4 is 5.73 Å². The molecule has 1 aliphatic heterocycles. The molecule has 2 aromatic rings. The molecule has 0 unspecified atom stereocenters. The molecule has 128 valence electrons. The van der Waals surface area contributed by atoms with Crippen LogP contribution in [0.25, 0.3) is 5.69 Å². The number of hydrogen-bond acceptors (Lipinski definition) is 3. The molecule has 3 rings (SSSR count). The van der Waals surface area contributed by atoms with Crippen molar-refractivity contribution in [3.8, 4) is 5.69 Å². The summed E-state index contributed by atoms with van der Waals surface area (Å²) in [5, 5.41) is 5.31. The van der Waals surface area contributed by atoms with Crippen LogP contribution in [0.4, 0.5) is 0 Å². The lowest BCUT2D eigenvalue weighted by atomic mass is 9.92. The van der Waals surface area contributed by atoms with Crippen molar-refractivity contribution >= 4 is 29.1 Å². The Morgan fingerprint density at radius 1 is 1.42 bits per heavy atom. The van der Waals surface area contributed by atoms with Crippen molar-refractivity contribution in [2.75, 3.05) is 13.1 Å². The Morgan fingerprint density at radius 3 is 2.92 bits per heavy atom. The second-order valence-corrected chi connectivity index (χ2v) is 7.13. The average Bonchev–Trinajstić information content (AvgIpc) is 3.04. The summed E-state index contributed by atoms with van der Waals surface area (Å²) in [4.78, 5) is 14.6. The first-order valence-corrected chi connectivity index (χ1v) is 8.76. The van der Waals surface area contributed by atoms with E-state index in [1.807, 2.05) is 11.8 Å². The topological polar surface area (TPSA) is 64.2 Å². The highest BCUT2D eigenvalue weighted by Gasteiger charge is 2.27. The fourth-order valence-corrected chi connectivity index (χ4v) is 3.53. The Hall–Kier alpha value is -1.56. The van der Waals surface area contributed by atoms with E-state index in [0.717, 1.165) is 19.4 Å². The van der Waals surface area contributed by atoms with E-state index in [4.69, 9.17) is 28.9 Å². The Bertz CT molecular complexity index is 744. The number of halogens is 2. The van der Waals surface area contributed by atoms with E-state index in [-0.39, 0.29) is 11.9 Å². The van der Waals surface area contributed by atoms with Crippen LogP contribution in [0.15, 0.2) is 30.6 Å². The molecule has 0 bridgehead atoms. The minimum Gasteiger partial charge on any atom is -0.338 e. The zero-order chi connectivity index (χ0) is 17.3. The number of aromatic nitrogens is 2. The standard InChI is InChI=1S/C17H20Cl2N4O/c1-11(20)12-3-2-6-22(9-12)17(24)13-8-21-23(10-13)16-5-4-14(18)7-15(16)19/h4-5,7-8,10-12H,2-3,6,9,20H2,1H3/t11-,12+/m0/s1. The summed E-state index contributed by atoms with van der Waals surface area (Å²) in [7, 11) is 0. The first-order valence-electron chi connectivity index (χ1n) is 8.00. The van der Waals surface area contributed by atoms with Gasteiger partial charge < -0.3 is 10.6 Å². The van der Waals surface area contributed by atoms with Crippen molar-refractivity contribution in [2.45, 2.75) is 25.8 Å². The van der Waals surface area contributed by atoms with Gasteiger partial charge in [-0.15, -0.1) is 0 Å². The van der Waals surface area contributed by atoms with E-state index < -0.39 is 0 Å². The molecule has 0 spiro atoms. The minimum atomic E-state index is -0.0170. The predicted molar refractivity (Wildman–Crippen MR) is 95.9 cm³/mol. The van der Waals surface area contributed by atoms with E-state index in [1.165, 1.54) is 0 Å². The highest BCUT2D eigenvalue weighted by molar-refractivity contribution is 6.35. The normalized spacial score (nSPS) is 19.3. The van der Waals surface area contributed by atoms with E-state index in [1.54, 1.807) is 35.3 Å². The van der Waals surface area contributed by atoms with Gasteiger partial charge in [-0.1, -0.05) is 23.2 Å². The minimum absolute atomic E-state index is 0.0170. The zero-order valence-electron chi connectivity index (χ0n) is 13.5. The summed E-state index contributed by atoms with van der Waals surface area (Å²) < 4.78 is 1.60. The second-order valence-electron chi connectivity index (χ2n) is 6.28. The van der Waals surface area contributed by atoms with Gasteiger partial charge in [-0.2, -0.15) is 5.10 Å². The highest BCUT2D eigenvalue weighted by Crippen LogP contribution is 2.25. The van der Waals surface area contributed by atoms with Crippen LogP contribution >= 0.6 is 23.2 Å². The smallest absolute Gasteiger partial charge is 0.257 e. The first-order chi connectivity index (χ1) is 11.5. The molecule has 24 heavy (non-hydrogen) atoms. The molecule has 1 aromatic carbocycles. The molecule has 1 amide bonds. The highest BCUT2D eigenvalue weighted by atomic mass is 35.5. The Kier molecular flexibility index (Phi) is 5.13. The van der Waals surface area contributed by atoms with Crippen molar-refractivity contribution < 1.29 is 4.79 Å². The van der Waals surface area contributed by atoms with Crippen molar-refractivity contribution in [2.24, 2.45) is 11.7 Å². The molecular formula is C17H20Cl2N4O. The van der Waals surface area contributed by atoms with Crippen molar-refractivity contribution in [1.82, 2.24) is 14.7 Å². The Morgan fingerprint density at radius 2 is 2.21 bits per heavy atom. The summed E-state index contributed by atoms with van der Waals surface area (Å²) in [6, 6.07) is 5.26. The zero-order valence-corrected chi connectivity index (χ0v) is 15.0. The first kappa shape index (κ1) is 17.3. The van der Waals surface area contributed by atoms with Crippen LogP contribution in [-0.2, 0) is 0 Å². The molecule has 0 radical (unpaired) electrons. The summed E-state index contributed by atoms with van der Waals surface area (Å²) in [5.41, 5.74) is 7.23. The molecule has 1 saturated heterocycles. The van der Waals surface area contributed by atoms with Gasteiger partial charge in [-0.05, 0) is 43.9 Å². The van der Waals surface area contributed by atoms with Gasteiger partial charge in [0.25, 0.3) is 5.91 Å². The van der Waals surface area contributed by atoms with Gasteiger partial charge in [0, 0.05) is 30.4 Å². The molecular weight excluding hydrogens is 347 g/mol. The lowest BCUT2D eigenvalue weighted by Gasteiger charge is -2.34.